The van der Waals surface area contributed by atoms with E-state index < -0.39 is 0 Å². The summed E-state index contributed by atoms with van der Waals surface area (Å²) in [5.74, 6) is 0.596. The zero-order valence-electron chi connectivity index (χ0n) is 14.2. The van der Waals surface area contributed by atoms with Gasteiger partial charge in [0.15, 0.2) is 17.3 Å². The van der Waals surface area contributed by atoms with Crippen LogP contribution in [-0.2, 0) is 11.3 Å². The van der Waals surface area contributed by atoms with Crippen molar-refractivity contribution >= 4 is 23.5 Å². The molecular formula is C19H19ClO5. The number of phenolic OH excluding ortho intramolecular Hbond substituents is 1. The molecule has 0 aromatic heterocycles. The van der Waals surface area contributed by atoms with Crippen LogP contribution in [0.1, 0.15) is 21.5 Å². The molecule has 0 aliphatic heterocycles. The topological polar surface area (TPSA) is 65.0 Å². The van der Waals surface area contributed by atoms with Crippen molar-refractivity contribution in [3.05, 3.63) is 58.1 Å². The Morgan fingerprint density at radius 2 is 1.84 bits per heavy atom. The fourth-order valence-corrected chi connectivity index (χ4v) is 2.53. The van der Waals surface area contributed by atoms with Crippen molar-refractivity contribution in [3.63, 3.8) is 0 Å². The maximum atomic E-state index is 12.4. The van der Waals surface area contributed by atoms with E-state index in [1.54, 1.807) is 50.6 Å². The molecule has 2 rings (SSSR count). The Balaban J connectivity index is 2.26. The zero-order valence-corrected chi connectivity index (χ0v) is 15.0. The van der Waals surface area contributed by atoms with Crippen LogP contribution in [0.25, 0.3) is 6.08 Å². The first-order valence-corrected chi connectivity index (χ1v) is 7.82. The monoisotopic (exact) mass is 362 g/mol. The molecule has 5 nitrogen and oxygen atoms in total. The van der Waals surface area contributed by atoms with Gasteiger partial charge in [0, 0.05) is 18.2 Å². The first kappa shape index (κ1) is 18.8. The molecule has 0 spiro atoms. The van der Waals surface area contributed by atoms with Crippen molar-refractivity contribution in [1.29, 1.82) is 0 Å². The Hall–Kier alpha value is -2.50. The maximum absolute atomic E-state index is 12.4. The molecule has 1 N–H and O–H groups in total. The summed E-state index contributed by atoms with van der Waals surface area (Å²) < 4.78 is 15.4. The van der Waals surface area contributed by atoms with Crippen LogP contribution in [0.4, 0.5) is 0 Å². The van der Waals surface area contributed by atoms with E-state index in [4.69, 9.17) is 25.8 Å². The Bertz CT molecular complexity index is 799. The van der Waals surface area contributed by atoms with Crippen molar-refractivity contribution in [2.75, 3.05) is 21.3 Å². The lowest BCUT2D eigenvalue weighted by Gasteiger charge is -2.09. The summed E-state index contributed by atoms with van der Waals surface area (Å²) in [6.07, 6.45) is 3.04. The zero-order chi connectivity index (χ0) is 18.4. The summed E-state index contributed by atoms with van der Waals surface area (Å²) in [5, 5.41) is 9.89. The Morgan fingerprint density at radius 1 is 1.12 bits per heavy atom. The van der Waals surface area contributed by atoms with Crippen molar-refractivity contribution < 1.29 is 24.1 Å². The molecule has 2 aromatic carbocycles. The van der Waals surface area contributed by atoms with E-state index in [0.717, 1.165) is 5.56 Å². The van der Waals surface area contributed by atoms with Crippen molar-refractivity contribution in [2.45, 2.75) is 6.61 Å². The second-order valence-electron chi connectivity index (χ2n) is 5.21. The number of ketones is 1. The van der Waals surface area contributed by atoms with E-state index in [1.165, 1.54) is 13.2 Å². The number of benzene rings is 2. The highest BCUT2D eigenvalue weighted by molar-refractivity contribution is 6.32. The van der Waals surface area contributed by atoms with Crippen molar-refractivity contribution in [1.82, 2.24) is 0 Å². The lowest BCUT2D eigenvalue weighted by Crippen LogP contribution is -1.99. The summed E-state index contributed by atoms with van der Waals surface area (Å²) in [7, 11) is 4.58. The molecule has 0 saturated carbocycles. The highest BCUT2D eigenvalue weighted by atomic mass is 35.5. The van der Waals surface area contributed by atoms with Gasteiger partial charge in [0.05, 0.1) is 25.8 Å². The fraction of sp³-hybridized carbons (Fsp3) is 0.211. The highest BCUT2D eigenvalue weighted by Crippen LogP contribution is 2.35. The number of rotatable bonds is 7. The predicted molar refractivity (Wildman–Crippen MR) is 96.7 cm³/mol. The lowest BCUT2D eigenvalue weighted by molar-refractivity contribution is 0.104. The first-order valence-electron chi connectivity index (χ1n) is 7.45. The van der Waals surface area contributed by atoms with E-state index in [0.29, 0.717) is 23.5 Å². The average Bonchev–Trinajstić information content (AvgIpc) is 2.62. The largest absolute Gasteiger partial charge is 0.503 e. The SMILES string of the molecule is COCc1cc(C(=O)/C=C/c2cc(Cl)c(O)c(OC)c2)ccc1OC. The van der Waals surface area contributed by atoms with Crippen molar-refractivity contribution in [3.8, 4) is 17.2 Å². The van der Waals surface area contributed by atoms with E-state index in [9.17, 15) is 9.90 Å². The molecular weight excluding hydrogens is 344 g/mol. The van der Waals surface area contributed by atoms with Crippen LogP contribution in [0.5, 0.6) is 17.2 Å². The Morgan fingerprint density at radius 3 is 2.48 bits per heavy atom. The molecule has 0 radical (unpaired) electrons. The van der Waals surface area contributed by atoms with E-state index in [2.05, 4.69) is 0 Å². The standard InChI is InChI=1S/C19H19ClO5/c1-23-11-14-10-13(5-7-17(14)24-2)16(21)6-4-12-8-15(20)19(22)18(9-12)25-3/h4-10,22H,11H2,1-3H3/b6-4+. The van der Waals surface area contributed by atoms with Crippen LogP contribution in [0.3, 0.4) is 0 Å². The van der Waals surface area contributed by atoms with Crippen LogP contribution in [0, 0.1) is 0 Å². The summed E-state index contributed by atoms with van der Waals surface area (Å²) in [5.41, 5.74) is 1.94. The molecule has 25 heavy (non-hydrogen) atoms. The molecule has 6 heteroatoms. The van der Waals surface area contributed by atoms with Gasteiger partial charge in [0.1, 0.15) is 5.75 Å². The van der Waals surface area contributed by atoms with Crippen LogP contribution >= 0.6 is 11.6 Å². The van der Waals surface area contributed by atoms with Crippen LogP contribution in [0.15, 0.2) is 36.4 Å². The minimum atomic E-state index is -0.178. The lowest BCUT2D eigenvalue weighted by atomic mass is 10.1. The second kappa shape index (κ2) is 8.55. The molecule has 0 aliphatic rings. The number of allylic oxidation sites excluding steroid dienone is 1. The maximum Gasteiger partial charge on any atom is 0.185 e. The number of halogens is 1. The summed E-state index contributed by atoms with van der Waals surface area (Å²) >= 11 is 5.94. The van der Waals surface area contributed by atoms with Gasteiger partial charge in [-0.3, -0.25) is 4.79 Å². The highest BCUT2D eigenvalue weighted by Gasteiger charge is 2.10. The third-order valence-electron chi connectivity index (χ3n) is 3.56. The number of hydrogen-bond donors (Lipinski definition) is 1. The molecule has 0 fully saturated rings. The third kappa shape index (κ3) is 4.53. The van der Waals surface area contributed by atoms with Gasteiger partial charge in [0.2, 0.25) is 0 Å². The molecule has 0 bridgehead atoms. The van der Waals surface area contributed by atoms with Crippen molar-refractivity contribution in [2.24, 2.45) is 0 Å². The van der Waals surface area contributed by atoms with Gasteiger partial charge in [-0.25, -0.2) is 0 Å². The quantitative estimate of drug-likeness (QED) is 0.593. The van der Waals surface area contributed by atoms with Gasteiger partial charge in [-0.05, 0) is 42.0 Å². The summed E-state index contributed by atoms with van der Waals surface area (Å²) in [6.45, 7) is 0.346. The Labute approximate surface area is 151 Å². The first-order chi connectivity index (χ1) is 12.0. The number of carbonyl (C=O) groups is 1. The predicted octanol–water partition coefficient (Wildman–Crippen LogP) is 4.11. The van der Waals surface area contributed by atoms with E-state index in [1.807, 2.05) is 0 Å². The van der Waals surface area contributed by atoms with Crippen LogP contribution in [-0.4, -0.2) is 32.2 Å². The van der Waals surface area contributed by atoms with Gasteiger partial charge < -0.3 is 19.3 Å². The van der Waals surface area contributed by atoms with Gasteiger partial charge in [-0.15, -0.1) is 0 Å². The van der Waals surface area contributed by atoms with Gasteiger partial charge >= 0.3 is 0 Å². The number of phenols is 1. The molecule has 132 valence electrons. The minimum absolute atomic E-state index is 0.132. The molecule has 0 saturated heterocycles. The molecule has 0 unspecified atom stereocenters. The van der Waals surface area contributed by atoms with Crippen LogP contribution in [0.2, 0.25) is 5.02 Å². The van der Waals surface area contributed by atoms with Gasteiger partial charge in [0.25, 0.3) is 0 Å². The number of hydrogen-bond acceptors (Lipinski definition) is 5. The van der Waals surface area contributed by atoms with Gasteiger partial charge in [-0.2, -0.15) is 0 Å². The molecule has 2 aromatic rings. The average molecular weight is 363 g/mol. The number of aromatic hydroxyl groups is 1. The van der Waals surface area contributed by atoms with Gasteiger partial charge in [-0.1, -0.05) is 17.7 Å². The minimum Gasteiger partial charge on any atom is -0.503 e. The molecule has 0 aliphatic carbocycles. The second-order valence-corrected chi connectivity index (χ2v) is 5.62. The molecule has 0 atom stereocenters. The summed E-state index contributed by atoms with van der Waals surface area (Å²) in [6, 6.07) is 8.30. The smallest absolute Gasteiger partial charge is 0.185 e. The number of methoxy groups -OCH3 is 3. The fourth-order valence-electron chi connectivity index (χ4n) is 2.31. The van der Waals surface area contributed by atoms with E-state index in [-0.39, 0.29) is 22.3 Å². The number of carbonyl (C=O) groups excluding carboxylic acids is 1. The third-order valence-corrected chi connectivity index (χ3v) is 3.85. The number of ether oxygens (including phenoxy) is 3. The molecule has 0 amide bonds. The normalized spacial score (nSPS) is 10.9. The Kier molecular flexibility index (Phi) is 6.44. The summed E-state index contributed by atoms with van der Waals surface area (Å²) in [4.78, 5) is 12.4. The van der Waals surface area contributed by atoms with E-state index >= 15 is 0 Å². The van der Waals surface area contributed by atoms with Crippen LogP contribution < -0.4 is 9.47 Å². The molecule has 0 heterocycles.